The Morgan fingerprint density at radius 1 is 1.40 bits per heavy atom. The van der Waals surface area contributed by atoms with Gasteiger partial charge < -0.3 is 15.7 Å². The van der Waals surface area contributed by atoms with E-state index in [0.29, 0.717) is 11.6 Å². The molecule has 1 heterocycles. The number of rotatable bonds is 2. The third-order valence-electron chi connectivity index (χ3n) is 2.94. The standard InChI is InChI=1S/C11H15ClN2O/c12-9-1-3-10(4-2-9)14-6-5-8(7-13)11(14)15/h1-4,8,11,15H,5-7,13H2. The van der Waals surface area contributed by atoms with Crippen LogP contribution < -0.4 is 10.6 Å². The number of nitrogens with zero attached hydrogens (tertiary/aromatic N) is 1. The van der Waals surface area contributed by atoms with E-state index in [1.54, 1.807) is 0 Å². The minimum Gasteiger partial charge on any atom is -0.373 e. The quantitative estimate of drug-likeness (QED) is 0.803. The number of anilines is 1. The largest absolute Gasteiger partial charge is 0.373 e. The topological polar surface area (TPSA) is 49.5 Å². The zero-order chi connectivity index (χ0) is 10.8. The first-order valence-corrected chi connectivity index (χ1v) is 5.50. The molecule has 1 fully saturated rings. The summed E-state index contributed by atoms with van der Waals surface area (Å²) < 4.78 is 0. The van der Waals surface area contributed by atoms with Crippen molar-refractivity contribution in [3.8, 4) is 0 Å². The zero-order valence-electron chi connectivity index (χ0n) is 8.44. The molecule has 0 aliphatic carbocycles. The number of aliphatic hydroxyl groups is 1. The van der Waals surface area contributed by atoms with E-state index in [4.69, 9.17) is 17.3 Å². The molecule has 3 N–H and O–H groups in total. The highest BCUT2D eigenvalue weighted by Crippen LogP contribution is 2.28. The van der Waals surface area contributed by atoms with Crippen LogP contribution in [0.25, 0.3) is 0 Å². The summed E-state index contributed by atoms with van der Waals surface area (Å²) in [7, 11) is 0. The highest BCUT2D eigenvalue weighted by molar-refractivity contribution is 6.30. The van der Waals surface area contributed by atoms with Crippen molar-refractivity contribution in [3.63, 3.8) is 0 Å². The van der Waals surface area contributed by atoms with Crippen LogP contribution in [-0.4, -0.2) is 24.4 Å². The number of nitrogens with two attached hydrogens (primary N) is 1. The summed E-state index contributed by atoms with van der Waals surface area (Å²) in [6, 6.07) is 7.51. The molecule has 1 aromatic carbocycles. The highest BCUT2D eigenvalue weighted by Gasteiger charge is 2.31. The van der Waals surface area contributed by atoms with Crippen molar-refractivity contribution in [2.45, 2.75) is 12.6 Å². The number of hydrogen-bond acceptors (Lipinski definition) is 3. The Morgan fingerprint density at radius 3 is 2.60 bits per heavy atom. The predicted octanol–water partition coefficient (Wildman–Crippen LogP) is 1.44. The maximum absolute atomic E-state index is 9.98. The lowest BCUT2D eigenvalue weighted by Gasteiger charge is -2.24. The normalized spacial score (nSPS) is 25.9. The van der Waals surface area contributed by atoms with Crippen LogP contribution in [0, 0.1) is 5.92 Å². The summed E-state index contributed by atoms with van der Waals surface area (Å²) in [6.45, 7) is 1.38. The van der Waals surface area contributed by atoms with Gasteiger partial charge in [0.15, 0.2) is 0 Å². The molecule has 3 nitrogen and oxygen atoms in total. The summed E-state index contributed by atoms with van der Waals surface area (Å²) in [6.07, 6.45) is 0.483. The Kier molecular flexibility index (Phi) is 3.14. The van der Waals surface area contributed by atoms with Gasteiger partial charge in [0.05, 0.1) is 0 Å². The molecule has 82 valence electrons. The van der Waals surface area contributed by atoms with Crippen LogP contribution in [-0.2, 0) is 0 Å². The van der Waals surface area contributed by atoms with Gasteiger partial charge in [-0.15, -0.1) is 0 Å². The minimum atomic E-state index is -0.462. The van der Waals surface area contributed by atoms with Gasteiger partial charge in [-0.3, -0.25) is 0 Å². The minimum absolute atomic E-state index is 0.181. The Balaban J connectivity index is 2.15. The van der Waals surface area contributed by atoms with Crippen LogP contribution in [0.3, 0.4) is 0 Å². The first-order chi connectivity index (χ1) is 7.22. The fourth-order valence-corrected chi connectivity index (χ4v) is 2.12. The monoisotopic (exact) mass is 226 g/mol. The van der Waals surface area contributed by atoms with Gasteiger partial charge in [0.2, 0.25) is 0 Å². The van der Waals surface area contributed by atoms with E-state index < -0.39 is 6.23 Å². The fraction of sp³-hybridized carbons (Fsp3) is 0.455. The molecule has 0 saturated carbocycles. The molecular weight excluding hydrogens is 212 g/mol. The number of benzene rings is 1. The Labute approximate surface area is 94.4 Å². The Bertz CT molecular complexity index is 328. The van der Waals surface area contributed by atoms with Gasteiger partial charge in [0.1, 0.15) is 6.23 Å². The van der Waals surface area contributed by atoms with Gasteiger partial charge in [-0.1, -0.05) is 11.6 Å². The molecule has 2 rings (SSSR count). The van der Waals surface area contributed by atoms with Gasteiger partial charge >= 0.3 is 0 Å². The average molecular weight is 227 g/mol. The van der Waals surface area contributed by atoms with Crippen LogP contribution in [0.4, 0.5) is 5.69 Å². The van der Waals surface area contributed by atoms with Crippen molar-refractivity contribution < 1.29 is 5.11 Å². The molecule has 1 aromatic rings. The van der Waals surface area contributed by atoms with Crippen molar-refractivity contribution in [1.29, 1.82) is 0 Å². The SMILES string of the molecule is NCC1CCN(c2ccc(Cl)cc2)C1O. The van der Waals surface area contributed by atoms with Crippen LogP contribution >= 0.6 is 11.6 Å². The van der Waals surface area contributed by atoms with E-state index in [9.17, 15) is 5.11 Å². The maximum atomic E-state index is 9.98. The molecule has 4 heteroatoms. The lowest BCUT2D eigenvalue weighted by atomic mass is 10.1. The Morgan fingerprint density at radius 2 is 2.07 bits per heavy atom. The van der Waals surface area contributed by atoms with E-state index in [1.807, 2.05) is 29.2 Å². The molecule has 0 bridgehead atoms. The highest BCUT2D eigenvalue weighted by atomic mass is 35.5. The number of aliphatic hydroxyl groups excluding tert-OH is 1. The van der Waals surface area contributed by atoms with E-state index >= 15 is 0 Å². The predicted molar refractivity (Wildman–Crippen MR) is 62.0 cm³/mol. The zero-order valence-corrected chi connectivity index (χ0v) is 9.19. The van der Waals surface area contributed by atoms with Crippen molar-refractivity contribution in [2.75, 3.05) is 18.0 Å². The molecule has 0 spiro atoms. The molecular formula is C11H15ClN2O. The fourth-order valence-electron chi connectivity index (χ4n) is 1.99. The second kappa shape index (κ2) is 4.39. The summed E-state index contributed by atoms with van der Waals surface area (Å²) in [5, 5.41) is 10.7. The molecule has 0 aromatic heterocycles. The smallest absolute Gasteiger partial charge is 0.131 e. The average Bonchev–Trinajstić information content (AvgIpc) is 2.61. The molecule has 1 saturated heterocycles. The molecule has 2 atom stereocenters. The molecule has 0 radical (unpaired) electrons. The van der Waals surface area contributed by atoms with E-state index in [2.05, 4.69) is 0 Å². The van der Waals surface area contributed by atoms with Gasteiger partial charge in [0, 0.05) is 23.2 Å². The van der Waals surface area contributed by atoms with Crippen LogP contribution in [0.15, 0.2) is 24.3 Å². The first kappa shape index (κ1) is 10.7. The second-order valence-corrected chi connectivity index (χ2v) is 4.30. The van der Waals surface area contributed by atoms with Crippen molar-refractivity contribution >= 4 is 17.3 Å². The van der Waals surface area contributed by atoms with E-state index in [1.165, 1.54) is 0 Å². The first-order valence-electron chi connectivity index (χ1n) is 5.12. The third-order valence-corrected chi connectivity index (χ3v) is 3.19. The van der Waals surface area contributed by atoms with Crippen LogP contribution in [0.2, 0.25) is 5.02 Å². The van der Waals surface area contributed by atoms with Crippen molar-refractivity contribution in [1.82, 2.24) is 0 Å². The third kappa shape index (κ3) is 2.09. The van der Waals surface area contributed by atoms with Gasteiger partial charge in [-0.2, -0.15) is 0 Å². The van der Waals surface area contributed by atoms with Crippen LogP contribution in [0.5, 0.6) is 0 Å². The van der Waals surface area contributed by atoms with E-state index in [-0.39, 0.29) is 5.92 Å². The summed E-state index contributed by atoms with van der Waals surface area (Å²) in [5.74, 6) is 0.181. The van der Waals surface area contributed by atoms with Gasteiger partial charge in [-0.05, 0) is 37.2 Å². The van der Waals surface area contributed by atoms with Gasteiger partial charge in [0.25, 0.3) is 0 Å². The second-order valence-electron chi connectivity index (χ2n) is 3.87. The number of halogens is 1. The lowest BCUT2D eigenvalue weighted by molar-refractivity contribution is 0.138. The van der Waals surface area contributed by atoms with Crippen LogP contribution in [0.1, 0.15) is 6.42 Å². The van der Waals surface area contributed by atoms with E-state index in [0.717, 1.165) is 18.7 Å². The molecule has 15 heavy (non-hydrogen) atoms. The van der Waals surface area contributed by atoms with Crippen molar-refractivity contribution in [2.24, 2.45) is 11.7 Å². The maximum Gasteiger partial charge on any atom is 0.131 e. The molecule has 1 aliphatic rings. The lowest BCUT2D eigenvalue weighted by Crippen LogP contribution is -2.34. The summed E-state index contributed by atoms with van der Waals surface area (Å²) in [4.78, 5) is 1.97. The van der Waals surface area contributed by atoms with Crippen molar-refractivity contribution in [3.05, 3.63) is 29.3 Å². The molecule has 1 aliphatic heterocycles. The molecule has 2 unspecified atom stereocenters. The van der Waals surface area contributed by atoms with Gasteiger partial charge in [-0.25, -0.2) is 0 Å². The molecule has 0 amide bonds. The summed E-state index contributed by atoms with van der Waals surface area (Å²) >= 11 is 5.81. The summed E-state index contributed by atoms with van der Waals surface area (Å²) in [5.41, 5.74) is 6.58. The number of hydrogen-bond donors (Lipinski definition) is 2. The Hall–Kier alpha value is -0.770.